The van der Waals surface area contributed by atoms with Crippen LogP contribution >= 0.6 is 11.3 Å². The molecule has 0 aliphatic rings. The number of aryl methyl sites for hydroxylation is 1. The standard InChI is InChI=1S/C20H24N4O2S/c1-13(11-26-3)24-19(25)17-14(2)16-18(22-12-23-20(16)27-17)21-10-9-15-7-5-4-6-8-15/h4-8,12-13H,9-11H2,1-3H3,(H,24,25)(H,21,22,23)/t13-/m0/s1. The van der Waals surface area contributed by atoms with Gasteiger partial charge in [-0.15, -0.1) is 11.3 Å². The SMILES string of the molecule is COC[C@H](C)NC(=O)c1sc2ncnc(NCCc3ccccc3)c2c1C. The molecule has 0 aliphatic carbocycles. The Bertz CT molecular complexity index is 911. The number of hydrogen-bond acceptors (Lipinski definition) is 6. The topological polar surface area (TPSA) is 76.1 Å². The molecule has 0 aliphatic heterocycles. The Morgan fingerprint density at radius 3 is 2.78 bits per heavy atom. The van der Waals surface area contributed by atoms with Crippen molar-refractivity contribution < 1.29 is 9.53 Å². The number of nitrogens with zero attached hydrogens (tertiary/aromatic N) is 2. The summed E-state index contributed by atoms with van der Waals surface area (Å²) in [6, 6.07) is 10.3. The molecule has 0 spiro atoms. The summed E-state index contributed by atoms with van der Waals surface area (Å²) in [4.78, 5) is 22.8. The fraction of sp³-hybridized carbons (Fsp3) is 0.350. The third-order valence-corrected chi connectivity index (χ3v) is 5.47. The fourth-order valence-corrected chi connectivity index (χ4v) is 4.02. The van der Waals surface area contributed by atoms with Gasteiger partial charge in [-0.1, -0.05) is 30.3 Å². The van der Waals surface area contributed by atoms with Gasteiger partial charge in [0.15, 0.2) is 0 Å². The smallest absolute Gasteiger partial charge is 0.262 e. The first kappa shape index (κ1) is 19.3. The fourth-order valence-electron chi connectivity index (χ4n) is 2.97. The Morgan fingerprint density at radius 2 is 2.04 bits per heavy atom. The third-order valence-electron chi connectivity index (χ3n) is 4.28. The molecule has 6 nitrogen and oxygen atoms in total. The first-order valence-corrected chi connectivity index (χ1v) is 9.73. The van der Waals surface area contributed by atoms with Gasteiger partial charge in [0, 0.05) is 19.7 Å². The van der Waals surface area contributed by atoms with Gasteiger partial charge in [0.25, 0.3) is 5.91 Å². The van der Waals surface area contributed by atoms with E-state index in [4.69, 9.17) is 4.74 Å². The number of carbonyl (C=O) groups excluding carboxylic acids is 1. The number of ether oxygens (including phenoxy) is 1. The van der Waals surface area contributed by atoms with Gasteiger partial charge in [0.1, 0.15) is 17.0 Å². The average Bonchev–Trinajstić information content (AvgIpc) is 3.00. The van der Waals surface area contributed by atoms with Crippen LogP contribution in [0.2, 0.25) is 0 Å². The maximum atomic E-state index is 12.6. The third kappa shape index (κ3) is 4.61. The second kappa shape index (κ2) is 8.92. The van der Waals surface area contributed by atoms with Crippen LogP contribution in [0.25, 0.3) is 10.2 Å². The first-order valence-electron chi connectivity index (χ1n) is 8.91. The average molecular weight is 385 g/mol. The van der Waals surface area contributed by atoms with E-state index >= 15 is 0 Å². The molecule has 0 bridgehead atoms. The second-order valence-corrected chi connectivity index (χ2v) is 7.45. The molecule has 3 aromatic rings. The van der Waals surface area contributed by atoms with Crippen LogP contribution in [0, 0.1) is 6.92 Å². The van der Waals surface area contributed by atoms with Crippen LogP contribution in [-0.4, -0.2) is 42.2 Å². The number of anilines is 1. The summed E-state index contributed by atoms with van der Waals surface area (Å²) in [5.41, 5.74) is 2.17. The molecule has 0 unspecified atom stereocenters. The molecule has 27 heavy (non-hydrogen) atoms. The monoisotopic (exact) mass is 384 g/mol. The number of aromatic nitrogens is 2. The highest BCUT2D eigenvalue weighted by Gasteiger charge is 2.20. The van der Waals surface area contributed by atoms with Crippen molar-refractivity contribution >= 4 is 33.3 Å². The minimum absolute atomic E-state index is 0.0540. The summed E-state index contributed by atoms with van der Waals surface area (Å²) >= 11 is 1.39. The summed E-state index contributed by atoms with van der Waals surface area (Å²) in [5, 5.41) is 7.27. The largest absolute Gasteiger partial charge is 0.383 e. The lowest BCUT2D eigenvalue weighted by atomic mass is 10.1. The molecule has 7 heteroatoms. The molecule has 0 fully saturated rings. The summed E-state index contributed by atoms with van der Waals surface area (Å²) in [5.74, 6) is 0.670. The van der Waals surface area contributed by atoms with Crippen LogP contribution in [0.3, 0.4) is 0 Å². The molecule has 2 N–H and O–H groups in total. The highest BCUT2D eigenvalue weighted by atomic mass is 32.1. The number of methoxy groups -OCH3 is 1. The van der Waals surface area contributed by atoms with Crippen molar-refractivity contribution in [3.05, 3.63) is 52.7 Å². The zero-order valence-electron chi connectivity index (χ0n) is 15.8. The van der Waals surface area contributed by atoms with Crippen LogP contribution in [0.1, 0.15) is 27.7 Å². The van der Waals surface area contributed by atoms with Gasteiger partial charge in [0.05, 0.1) is 16.9 Å². The molecule has 2 heterocycles. The van der Waals surface area contributed by atoms with Crippen LogP contribution in [-0.2, 0) is 11.2 Å². The van der Waals surface area contributed by atoms with Crippen molar-refractivity contribution in [2.24, 2.45) is 0 Å². The van der Waals surface area contributed by atoms with Crippen LogP contribution in [0.5, 0.6) is 0 Å². The molecular weight excluding hydrogens is 360 g/mol. The number of benzene rings is 1. The van der Waals surface area contributed by atoms with Crippen molar-refractivity contribution in [1.82, 2.24) is 15.3 Å². The van der Waals surface area contributed by atoms with Crippen LogP contribution in [0.15, 0.2) is 36.7 Å². The number of carbonyl (C=O) groups is 1. The number of thiophene rings is 1. The molecule has 2 aromatic heterocycles. The highest BCUT2D eigenvalue weighted by Crippen LogP contribution is 2.33. The number of rotatable bonds is 8. The Balaban J connectivity index is 1.77. The molecule has 0 radical (unpaired) electrons. The molecule has 0 saturated heterocycles. The summed E-state index contributed by atoms with van der Waals surface area (Å²) in [6.07, 6.45) is 2.44. The zero-order valence-corrected chi connectivity index (χ0v) is 16.6. The molecule has 142 valence electrons. The Kier molecular flexibility index (Phi) is 6.36. The number of hydrogen-bond donors (Lipinski definition) is 2. The van der Waals surface area contributed by atoms with Crippen molar-refractivity contribution in [3.63, 3.8) is 0 Å². The number of amides is 1. The second-order valence-electron chi connectivity index (χ2n) is 6.45. The van der Waals surface area contributed by atoms with Crippen LogP contribution < -0.4 is 10.6 Å². The van der Waals surface area contributed by atoms with Crippen molar-refractivity contribution in [3.8, 4) is 0 Å². The lowest BCUT2D eigenvalue weighted by Crippen LogP contribution is -2.35. The van der Waals surface area contributed by atoms with Crippen LogP contribution in [0.4, 0.5) is 5.82 Å². The summed E-state index contributed by atoms with van der Waals surface area (Å²) < 4.78 is 5.09. The predicted molar refractivity (Wildman–Crippen MR) is 110 cm³/mol. The molecule has 0 saturated carbocycles. The highest BCUT2D eigenvalue weighted by molar-refractivity contribution is 7.20. The summed E-state index contributed by atoms with van der Waals surface area (Å²) in [7, 11) is 1.62. The van der Waals surface area contributed by atoms with E-state index in [2.05, 4.69) is 32.7 Å². The molecular formula is C20H24N4O2S. The summed E-state index contributed by atoms with van der Waals surface area (Å²) in [6.45, 7) is 5.10. The molecule has 1 aromatic carbocycles. The van der Waals surface area contributed by atoms with E-state index in [1.807, 2.05) is 32.0 Å². The lowest BCUT2D eigenvalue weighted by Gasteiger charge is -2.12. The Hall–Kier alpha value is -2.51. The normalized spacial score (nSPS) is 12.1. The maximum absolute atomic E-state index is 12.6. The van der Waals surface area contributed by atoms with E-state index in [-0.39, 0.29) is 11.9 Å². The quantitative estimate of drug-likeness (QED) is 0.622. The number of fused-ring (bicyclic) bond motifs is 1. The Labute approximate surface area is 163 Å². The minimum atomic E-state index is -0.102. The Morgan fingerprint density at radius 1 is 1.26 bits per heavy atom. The van der Waals surface area contributed by atoms with Gasteiger partial charge < -0.3 is 15.4 Å². The number of nitrogens with one attached hydrogen (secondary N) is 2. The zero-order chi connectivity index (χ0) is 19.2. The van der Waals surface area contributed by atoms with Gasteiger partial charge in [-0.05, 0) is 31.4 Å². The van der Waals surface area contributed by atoms with E-state index in [1.54, 1.807) is 13.4 Å². The van der Waals surface area contributed by atoms with Crippen molar-refractivity contribution in [1.29, 1.82) is 0 Å². The van der Waals surface area contributed by atoms with E-state index in [0.717, 1.165) is 34.6 Å². The molecule has 1 amide bonds. The van der Waals surface area contributed by atoms with E-state index < -0.39 is 0 Å². The maximum Gasteiger partial charge on any atom is 0.262 e. The van der Waals surface area contributed by atoms with Crippen molar-refractivity contribution in [2.45, 2.75) is 26.3 Å². The molecule has 1 atom stereocenters. The van der Waals surface area contributed by atoms with Gasteiger partial charge in [0.2, 0.25) is 0 Å². The van der Waals surface area contributed by atoms with Gasteiger partial charge in [-0.3, -0.25) is 4.79 Å². The first-order chi connectivity index (χ1) is 13.1. The van der Waals surface area contributed by atoms with E-state index in [9.17, 15) is 4.79 Å². The lowest BCUT2D eigenvalue weighted by molar-refractivity contribution is 0.0909. The van der Waals surface area contributed by atoms with E-state index in [1.165, 1.54) is 16.9 Å². The minimum Gasteiger partial charge on any atom is -0.383 e. The molecule has 3 rings (SSSR count). The van der Waals surface area contributed by atoms with E-state index in [0.29, 0.717) is 11.5 Å². The predicted octanol–water partition coefficient (Wildman–Crippen LogP) is 3.42. The van der Waals surface area contributed by atoms with Gasteiger partial charge in [-0.2, -0.15) is 0 Å². The van der Waals surface area contributed by atoms with Gasteiger partial charge in [-0.25, -0.2) is 9.97 Å². The van der Waals surface area contributed by atoms with Gasteiger partial charge >= 0.3 is 0 Å². The van der Waals surface area contributed by atoms with Crippen molar-refractivity contribution in [2.75, 3.05) is 25.6 Å².